The smallest absolute Gasteiger partial charge is 0.239 e. The molecule has 0 saturated carbocycles. The van der Waals surface area contributed by atoms with Gasteiger partial charge in [0, 0.05) is 26.2 Å². The fourth-order valence-electron chi connectivity index (χ4n) is 3.20. The number of carbonyl (C=O) groups is 2. The highest BCUT2D eigenvalue weighted by atomic mass is 16.2. The summed E-state index contributed by atoms with van der Waals surface area (Å²) in [6.07, 6.45) is 3.24. The zero-order valence-electron chi connectivity index (χ0n) is 14.0. The summed E-state index contributed by atoms with van der Waals surface area (Å²) in [5.74, 6) is 0.405. The van der Waals surface area contributed by atoms with Crippen LogP contribution < -0.4 is 5.32 Å². The van der Waals surface area contributed by atoms with E-state index in [0.717, 1.165) is 38.9 Å². The molecule has 126 valence electrons. The van der Waals surface area contributed by atoms with Gasteiger partial charge in [-0.2, -0.15) is 0 Å². The lowest BCUT2D eigenvalue weighted by Crippen LogP contribution is -2.56. The van der Waals surface area contributed by atoms with Crippen LogP contribution in [0.2, 0.25) is 0 Å². The van der Waals surface area contributed by atoms with E-state index in [1.54, 1.807) is 0 Å². The van der Waals surface area contributed by atoms with Crippen molar-refractivity contribution >= 4 is 11.8 Å². The van der Waals surface area contributed by atoms with Crippen LogP contribution in [0.5, 0.6) is 0 Å². The quantitative estimate of drug-likeness (QED) is 0.785. The van der Waals surface area contributed by atoms with Gasteiger partial charge in [0.2, 0.25) is 11.8 Å². The third-order valence-corrected chi connectivity index (χ3v) is 4.81. The third kappa shape index (κ3) is 4.43. The summed E-state index contributed by atoms with van der Waals surface area (Å²) >= 11 is 0. The normalized spacial score (nSPS) is 23.0. The van der Waals surface area contributed by atoms with Gasteiger partial charge in [-0.15, -0.1) is 0 Å². The Balaban J connectivity index is 1.77. The van der Waals surface area contributed by atoms with Gasteiger partial charge < -0.3 is 15.1 Å². The second kappa shape index (κ2) is 8.48. The molecule has 1 atom stereocenters. The van der Waals surface area contributed by atoms with Gasteiger partial charge in [-0.05, 0) is 32.5 Å². The van der Waals surface area contributed by atoms with Crippen molar-refractivity contribution in [3.63, 3.8) is 0 Å². The molecule has 6 nitrogen and oxygen atoms in total. The van der Waals surface area contributed by atoms with Crippen LogP contribution in [0.4, 0.5) is 0 Å². The Kier molecular flexibility index (Phi) is 6.64. The lowest BCUT2D eigenvalue weighted by molar-refractivity contribution is -0.141. The van der Waals surface area contributed by atoms with Crippen LogP contribution in [-0.4, -0.2) is 84.9 Å². The molecule has 2 rings (SSSR count). The van der Waals surface area contributed by atoms with Crippen LogP contribution in [0, 0.1) is 0 Å². The third-order valence-electron chi connectivity index (χ3n) is 4.81. The second-order valence-corrected chi connectivity index (χ2v) is 6.17. The molecule has 2 aliphatic heterocycles. The molecule has 0 aromatic carbocycles. The van der Waals surface area contributed by atoms with E-state index in [9.17, 15) is 9.59 Å². The molecule has 0 aromatic rings. The van der Waals surface area contributed by atoms with E-state index in [1.807, 2.05) is 9.80 Å². The molecule has 0 radical (unpaired) electrons. The van der Waals surface area contributed by atoms with Crippen LogP contribution in [0.1, 0.15) is 33.1 Å². The topological polar surface area (TPSA) is 55.9 Å². The van der Waals surface area contributed by atoms with Crippen molar-refractivity contribution < 1.29 is 9.59 Å². The number of nitrogens with one attached hydrogen (secondary N) is 1. The molecule has 22 heavy (non-hydrogen) atoms. The summed E-state index contributed by atoms with van der Waals surface area (Å²) in [6, 6.07) is -0.00771. The number of amides is 2. The molecular weight excluding hydrogens is 280 g/mol. The molecule has 0 aliphatic carbocycles. The number of piperidine rings is 1. The summed E-state index contributed by atoms with van der Waals surface area (Å²) in [7, 11) is 0. The lowest BCUT2D eigenvalue weighted by atomic mass is 10.0. The second-order valence-electron chi connectivity index (χ2n) is 6.17. The van der Waals surface area contributed by atoms with Crippen LogP contribution in [0.15, 0.2) is 0 Å². The number of hydrogen-bond donors (Lipinski definition) is 1. The predicted molar refractivity (Wildman–Crippen MR) is 86.6 cm³/mol. The first-order chi connectivity index (χ1) is 10.7. The van der Waals surface area contributed by atoms with Crippen molar-refractivity contribution in [2.24, 2.45) is 0 Å². The number of likely N-dealkylation sites (N-methyl/N-ethyl adjacent to an activating group) is 1. The predicted octanol–water partition coefficient (Wildman–Crippen LogP) is 0.141. The van der Waals surface area contributed by atoms with Gasteiger partial charge in [-0.25, -0.2) is 0 Å². The van der Waals surface area contributed by atoms with Gasteiger partial charge in [0.05, 0.1) is 12.6 Å². The molecular formula is C16H30N4O2. The Bertz CT molecular complexity index is 370. The van der Waals surface area contributed by atoms with Gasteiger partial charge in [-0.1, -0.05) is 20.3 Å². The summed E-state index contributed by atoms with van der Waals surface area (Å²) < 4.78 is 0. The van der Waals surface area contributed by atoms with Gasteiger partial charge in [0.1, 0.15) is 0 Å². The van der Waals surface area contributed by atoms with E-state index < -0.39 is 0 Å². The molecule has 6 heteroatoms. The van der Waals surface area contributed by atoms with Gasteiger partial charge in [0.15, 0.2) is 0 Å². The average Bonchev–Trinajstić information content (AvgIpc) is 2.59. The molecule has 2 heterocycles. The van der Waals surface area contributed by atoms with E-state index >= 15 is 0 Å². The molecule has 2 fully saturated rings. The van der Waals surface area contributed by atoms with Crippen LogP contribution in [-0.2, 0) is 9.59 Å². The Morgan fingerprint density at radius 3 is 2.23 bits per heavy atom. The zero-order chi connectivity index (χ0) is 15.9. The number of carbonyl (C=O) groups excluding carboxylic acids is 2. The number of piperazine rings is 1. The largest absolute Gasteiger partial charge is 0.338 e. The minimum atomic E-state index is -0.00771. The van der Waals surface area contributed by atoms with Crippen LogP contribution in [0.3, 0.4) is 0 Å². The highest BCUT2D eigenvalue weighted by molar-refractivity contribution is 5.83. The molecule has 0 spiro atoms. The average molecular weight is 310 g/mol. The fraction of sp³-hybridized carbons (Fsp3) is 0.875. The zero-order valence-corrected chi connectivity index (χ0v) is 14.0. The fourth-order valence-corrected chi connectivity index (χ4v) is 3.20. The van der Waals surface area contributed by atoms with Crippen LogP contribution in [0.25, 0.3) is 0 Å². The lowest BCUT2D eigenvalue weighted by Gasteiger charge is -2.38. The molecule has 1 N–H and O–H groups in total. The monoisotopic (exact) mass is 310 g/mol. The Labute approximate surface area is 133 Å². The Morgan fingerprint density at radius 1 is 1.05 bits per heavy atom. The van der Waals surface area contributed by atoms with Crippen LogP contribution >= 0.6 is 0 Å². The van der Waals surface area contributed by atoms with E-state index in [0.29, 0.717) is 32.7 Å². The van der Waals surface area contributed by atoms with Gasteiger partial charge in [0.25, 0.3) is 0 Å². The standard InChI is InChI=1S/C16H30N4O2/c1-3-18(4-2)13-15(21)19-9-11-20(12-10-19)16(22)14-7-5-6-8-17-14/h14,17H,3-13H2,1-2H3/t14-/m1/s1. The van der Waals surface area contributed by atoms with Crippen molar-refractivity contribution in [3.05, 3.63) is 0 Å². The van der Waals surface area contributed by atoms with E-state index in [4.69, 9.17) is 0 Å². The van der Waals surface area contributed by atoms with Crippen molar-refractivity contribution in [1.29, 1.82) is 0 Å². The number of nitrogens with zero attached hydrogens (tertiary/aromatic N) is 3. The van der Waals surface area contributed by atoms with Crippen molar-refractivity contribution in [1.82, 2.24) is 20.0 Å². The molecule has 0 bridgehead atoms. The SMILES string of the molecule is CCN(CC)CC(=O)N1CCN(C(=O)[C@H]2CCCCN2)CC1. The molecule has 0 unspecified atom stereocenters. The summed E-state index contributed by atoms with van der Waals surface area (Å²) in [5.41, 5.74) is 0. The first-order valence-electron chi connectivity index (χ1n) is 8.68. The maximum Gasteiger partial charge on any atom is 0.239 e. The molecule has 2 saturated heterocycles. The van der Waals surface area contributed by atoms with E-state index in [2.05, 4.69) is 24.1 Å². The number of hydrogen-bond acceptors (Lipinski definition) is 4. The first-order valence-corrected chi connectivity index (χ1v) is 8.68. The van der Waals surface area contributed by atoms with Crippen molar-refractivity contribution in [2.75, 3.05) is 52.4 Å². The maximum atomic E-state index is 12.5. The number of rotatable bonds is 5. The van der Waals surface area contributed by atoms with E-state index in [1.165, 1.54) is 0 Å². The van der Waals surface area contributed by atoms with Crippen molar-refractivity contribution in [2.45, 2.75) is 39.2 Å². The molecule has 2 aliphatic rings. The maximum absolute atomic E-state index is 12.5. The van der Waals surface area contributed by atoms with Gasteiger partial charge in [-0.3, -0.25) is 14.5 Å². The Morgan fingerprint density at radius 2 is 1.68 bits per heavy atom. The Hall–Kier alpha value is -1.14. The highest BCUT2D eigenvalue weighted by Crippen LogP contribution is 2.12. The van der Waals surface area contributed by atoms with Crippen molar-refractivity contribution in [3.8, 4) is 0 Å². The first kappa shape index (κ1) is 17.2. The molecule has 2 amide bonds. The minimum Gasteiger partial charge on any atom is -0.338 e. The summed E-state index contributed by atoms with van der Waals surface area (Å²) in [6.45, 7) is 10.0. The highest BCUT2D eigenvalue weighted by Gasteiger charge is 2.29. The summed E-state index contributed by atoms with van der Waals surface area (Å²) in [4.78, 5) is 30.7. The van der Waals surface area contributed by atoms with Gasteiger partial charge >= 0.3 is 0 Å². The van der Waals surface area contributed by atoms with E-state index in [-0.39, 0.29) is 17.9 Å². The minimum absolute atomic E-state index is 0.00771. The molecule has 0 aromatic heterocycles. The summed E-state index contributed by atoms with van der Waals surface area (Å²) in [5, 5.41) is 3.31.